The summed E-state index contributed by atoms with van der Waals surface area (Å²) in [7, 11) is 0. The summed E-state index contributed by atoms with van der Waals surface area (Å²) in [5, 5.41) is 7.50. The molecule has 1 saturated heterocycles. The lowest BCUT2D eigenvalue weighted by atomic mass is 9.87. The van der Waals surface area contributed by atoms with Gasteiger partial charge in [0.2, 0.25) is 11.5 Å². The highest BCUT2D eigenvalue weighted by Crippen LogP contribution is 2.32. The molecule has 0 unspecified atom stereocenters. The van der Waals surface area contributed by atoms with Crippen molar-refractivity contribution in [3.05, 3.63) is 70.3 Å². The SMILES string of the molecule is NCC1(n2cc(C(N)=O)c(Nc3ccnc(F)c3)n2)CCN(Cc2cccc(=O)[nH]2)CC1. The molecule has 4 rings (SSSR count). The van der Waals surface area contributed by atoms with Crippen LogP contribution < -0.4 is 22.3 Å². The Balaban J connectivity index is 1.53. The number of likely N-dealkylation sites (tertiary alicyclic amines) is 1. The van der Waals surface area contributed by atoms with Gasteiger partial charge in [-0.15, -0.1) is 0 Å². The van der Waals surface area contributed by atoms with Gasteiger partial charge < -0.3 is 21.8 Å². The lowest BCUT2D eigenvalue weighted by molar-refractivity contribution is 0.0980. The number of nitrogens with one attached hydrogen (secondary N) is 2. The zero-order valence-corrected chi connectivity index (χ0v) is 17.4. The molecule has 0 radical (unpaired) electrons. The van der Waals surface area contributed by atoms with Crippen molar-refractivity contribution in [2.24, 2.45) is 11.5 Å². The number of piperidine rings is 1. The molecule has 10 nitrogen and oxygen atoms in total. The number of hydrogen-bond donors (Lipinski definition) is 4. The van der Waals surface area contributed by atoms with Crippen molar-refractivity contribution in [1.82, 2.24) is 24.6 Å². The van der Waals surface area contributed by atoms with Gasteiger partial charge in [-0.25, -0.2) is 4.98 Å². The maximum Gasteiger partial charge on any atom is 0.254 e. The third kappa shape index (κ3) is 4.53. The summed E-state index contributed by atoms with van der Waals surface area (Å²) >= 11 is 0. The van der Waals surface area contributed by atoms with Gasteiger partial charge in [0.05, 0.1) is 5.54 Å². The Kier molecular flexibility index (Phi) is 6.01. The van der Waals surface area contributed by atoms with Crippen molar-refractivity contribution in [3.8, 4) is 0 Å². The molecule has 4 heterocycles. The molecule has 3 aromatic heterocycles. The molecule has 1 fully saturated rings. The van der Waals surface area contributed by atoms with Crippen LogP contribution in [0.1, 0.15) is 28.9 Å². The zero-order valence-electron chi connectivity index (χ0n) is 17.4. The van der Waals surface area contributed by atoms with Gasteiger partial charge >= 0.3 is 0 Å². The van der Waals surface area contributed by atoms with Crippen LogP contribution in [0.25, 0.3) is 0 Å². The largest absolute Gasteiger partial charge is 0.365 e. The second-order valence-corrected chi connectivity index (χ2v) is 7.94. The third-order valence-electron chi connectivity index (χ3n) is 5.84. The first-order valence-corrected chi connectivity index (χ1v) is 10.3. The van der Waals surface area contributed by atoms with E-state index in [-0.39, 0.29) is 16.9 Å². The van der Waals surface area contributed by atoms with E-state index in [1.54, 1.807) is 23.0 Å². The van der Waals surface area contributed by atoms with Gasteiger partial charge in [0.15, 0.2) is 5.82 Å². The van der Waals surface area contributed by atoms with Crippen molar-refractivity contribution in [1.29, 1.82) is 0 Å². The number of aromatic amines is 1. The Hall–Kier alpha value is -3.57. The molecule has 168 valence electrons. The van der Waals surface area contributed by atoms with Gasteiger partial charge in [0.25, 0.3) is 5.91 Å². The van der Waals surface area contributed by atoms with Crippen LogP contribution in [0.4, 0.5) is 15.9 Å². The molecular weight excluding hydrogens is 415 g/mol. The van der Waals surface area contributed by atoms with Gasteiger partial charge in [-0.3, -0.25) is 19.2 Å². The Bertz CT molecular complexity index is 1170. The van der Waals surface area contributed by atoms with E-state index in [1.807, 2.05) is 6.07 Å². The molecule has 3 aromatic rings. The van der Waals surface area contributed by atoms with Crippen LogP contribution in [0.15, 0.2) is 47.5 Å². The molecule has 0 saturated carbocycles. The number of pyridine rings is 2. The van der Waals surface area contributed by atoms with E-state index in [0.717, 1.165) is 18.8 Å². The number of anilines is 2. The third-order valence-corrected chi connectivity index (χ3v) is 5.84. The van der Waals surface area contributed by atoms with E-state index in [4.69, 9.17) is 11.5 Å². The molecule has 1 aliphatic heterocycles. The highest BCUT2D eigenvalue weighted by molar-refractivity contribution is 5.98. The minimum absolute atomic E-state index is 0.125. The van der Waals surface area contributed by atoms with E-state index in [1.165, 1.54) is 18.3 Å². The van der Waals surface area contributed by atoms with E-state index in [9.17, 15) is 14.0 Å². The quantitative estimate of drug-likeness (QED) is 0.399. The zero-order chi connectivity index (χ0) is 22.7. The standard InChI is InChI=1S/C21H25FN8O2/c22-17-10-14(4-7-25-17)27-20-16(19(24)32)12-30(28-20)21(13-23)5-8-29(9-6-21)11-15-2-1-3-18(31)26-15/h1-4,7,10,12H,5-6,8-9,11,13,23H2,(H2,24,32)(H,26,31)(H,25,27,28). The van der Waals surface area contributed by atoms with E-state index in [2.05, 4.69) is 25.3 Å². The highest BCUT2D eigenvalue weighted by Gasteiger charge is 2.37. The normalized spacial score (nSPS) is 16.1. The fourth-order valence-corrected chi connectivity index (χ4v) is 3.99. The topological polar surface area (TPSA) is 148 Å². The van der Waals surface area contributed by atoms with Gasteiger partial charge in [0, 0.05) is 62.1 Å². The van der Waals surface area contributed by atoms with Crippen molar-refractivity contribution in [2.75, 3.05) is 25.0 Å². The molecule has 32 heavy (non-hydrogen) atoms. The van der Waals surface area contributed by atoms with Gasteiger partial charge in [-0.05, 0) is 25.0 Å². The van der Waals surface area contributed by atoms with Crippen molar-refractivity contribution in [3.63, 3.8) is 0 Å². The maximum atomic E-state index is 13.4. The fraction of sp³-hybridized carbons (Fsp3) is 0.333. The number of H-pyrrole nitrogens is 1. The lowest BCUT2D eigenvalue weighted by Gasteiger charge is -2.41. The number of hydrogen-bond acceptors (Lipinski definition) is 7. The number of nitrogens with zero attached hydrogens (tertiary/aromatic N) is 4. The minimum Gasteiger partial charge on any atom is -0.365 e. The summed E-state index contributed by atoms with van der Waals surface area (Å²) in [5.41, 5.74) is 12.6. The van der Waals surface area contributed by atoms with Gasteiger partial charge in [0.1, 0.15) is 5.56 Å². The van der Waals surface area contributed by atoms with Gasteiger partial charge in [-0.2, -0.15) is 9.49 Å². The Morgan fingerprint density at radius 3 is 2.72 bits per heavy atom. The maximum absolute atomic E-state index is 13.4. The predicted molar refractivity (Wildman–Crippen MR) is 117 cm³/mol. The van der Waals surface area contributed by atoms with Crippen LogP contribution in [-0.4, -0.2) is 50.2 Å². The highest BCUT2D eigenvalue weighted by atomic mass is 19.1. The number of nitrogens with two attached hydrogens (primary N) is 2. The Morgan fingerprint density at radius 1 is 1.28 bits per heavy atom. The summed E-state index contributed by atoms with van der Waals surface area (Å²) in [6.45, 7) is 2.42. The molecule has 0 aromatic carbocycles. The van der Waals surface area contributed by atoms with Crippen LogP contribution in [0, 0.1) is 5.95 Å². The molecule has 6 N–H and O–H groups in total. The van der Waals surface area contributed by atoms with Crippen LogP contribution in [0.3, 0.4) is 0 Å². The minimum atomic E-state index is -0.652. The van der Waals surface area contributed by atoms with Crippen LogP contribution >= 0.6 is 0 Å². The molecule has 1 amide bonds. The van der Waals surface area contributed by atoms with E-state index < -0.39 is 17.4 Å². The van der Waals surface area contributed by atoms with Crippen LogP contribution in [-0.2, 0) is 12.1 Å². The van der Waals surface area contributed by atoms with Crippen LogP contribution in [0.5, 0.6) is 0 Å². The molecule has 0 aliphatic carbocycles. The average molecular weight is 440 g/mol. The predicted octanol–water partition coefficient (Wildman–Crippen LogP) is 0.898. The van der Waals surface area contributed by atoms with Gasteiger partial charge in [-0.1, -0.05) is 6.07 Å². The fourth-order valence-electron chi connectivity index (χ4n) is 3.99. The first-order chi connectivity index (χ1) is 15.4. The summed E-state index contributed by atoms with van der Waals surface area (Å²) in [6.07, 6.45) is 4.31. The second-order valence-electron chi connectivity index (χ2n) is 7.94. The number of primary amides is 1. The molecule has 11 heteroatoms. The first-order valence-electron chi connectivity index (χ1n) is 10.3. The Labute approximate surface area is 183 Å². The lowest BCUT2D eigenvalue weighted by Crippen LogP contribution is -2.50. The molecule has 1 aliphatic rings. The molecule has 0 bridgehead atoms. The van der Waals surface area contributed by atoms with Crippen molar-refractivity contribution >= 4 is 17.4 Å². The number of carbonyl (C=O) groups excluding carboxylic acids is 1. The summed E-state index contributed by atoms with van der Waals surface area (Å²) < 4.78 is 15.1. The van der Waals surface area contributed by atoms with E-state index in [0.29, 0.717) is 31.6 Å². The van der Waals surface area contributed by atoms with Crippen molar-refractivity contribution < 1.29 is 9.18 Å². The number of amides is 1. The summed E-state index contributed by atoms with van der Waals surface area (Å²) in [6, 6.07) is 7.88. The van der Waals surface area contributed by atoms with E-state index >= 15 is 0 Å². The first kappa shape index (κ1) is 21.7. The van der Waals surface area contributed by atoms with Crippen LogP contribution in [0.2, 0.25) is 0 Å². The second kappa shape index (κ2) is 8.89. The summed E-state index contributed by atoms with van der Waals surface area (Å²) in [4.78, 5) is 32.2. The monoisotopic (exact) mass is 440 g/mol. The smallest absolute Gasteiger partial charge is 0.254 e. The number of halogens is 1. The summed E-state index contributed by atoms with van der Waals surface area (Å²) in [5.74, 6) is -1.06. The van der Waals surface area contributed by atoms with Crippen molar-refractivity contribution in [2.45, 2.75) is 24.9 Å². The molecule has 0 atom stereocenters. The molecular formula is C21H25FN8O2. The number of carbonyl (C=O) groups is 1. The average Bonchev–Trinajstić information content (AvgIpc) is 3.19. The Morgan fingerprint density at radius 2 is 2.06 bits per heavy atom. The molecule has 0 spiro atoms. The number of aromatic nitrogens is 4. The number of rotatable bonds is 7.